The molecule has 3 rings (SSSR count). The molecule has 25 heavy (non-hydrogen) atoms. The van der Waals surface area contributed by atoms with Crippen LogP contribution in [0.25, 0.3) is 11.1 Å². The summed E-state index contributed by atoms with van der Waals surface area (Å²) >= 11 is 0. The van der Waals surface area contributed by atoms with Gasteiger partial charge in [0.15, 0.2) is 0 Å². The molecule has 1 aliphatic carbocycles. The van der Waals surface area contributed by atoms with E-state index in [1.54, 1.807) is 0 Å². The maximum Gasteiger partial charge on any atom is 0.407 e. The zero-order valence-electron chi connectivity index (χ0n) is 13.9. The number of methoxy groups -OCH3 is 1. The van der Waals surface area contributed by atoms with E-state index in [0.717, 1.165) is 22.3 Å². The summed E-state index contributed by atoms with van der Waals surface area (Å²) in [5.74, 6) is -0.636. The third-order valence-electron chi connectivity index (χ3n) is 4.36. The van der Waals surface area contributed by atoms with Gasteiger partial charge in [-0.25, -0.2) is 9.59 Å². The number of esters is 1. The van der Waals surface area contributed by atoms with Crippen LogP contribution >= 0.6 is 0 Å². The fourth-order valence-electron chi connectivity index (χ4n) is 3.14. The molecule has 6 nitrogen and oxygen atoms in total. The van der Waals surface area contributed by atoms with Gasteiger partial charge in [0.2, 0.25) is 0 Å². The van der Waals surface area contributed by atoms with Gasteiger partial charge in [-0.3, -0.25) is 0 Å². The number of ether oxygens (including phenoxy) is 2. The average Bonchev–Trinajstić information content (AvgIpc) is 2.98. The zero-order chi connectivity index (χ0) is 17.8. The van der Waals surface area contributed by atoms with Crippen LogP contribution in [0.5, 0.6) is 0 Å². The third-order valence-corrected chi connectivity index (χ3v) is 4.36. The van der Waals surface area contributed by atoms with Crippen molar-refractivity contribution in [1.82, 2.24) is 5.32 Å². The highest BCUT2D eigenvalue weighted by atomic mass is 16.6. The van der Waals surface area contributed by atoms with Crippen LogP contribution in [0.4, 0.5) is 4.79 Å². The Morgan fingerprint density at radius 3 is 2.16 bits per heavy atom. The van der Waals surface area contributed by atoms with Crippen molar-refractivity contribution in [3.05, 3.63) is 59.7 Å². The summed E-state index contributed by atoms with van der Waals surface area (Å²) in [6.45, 7) is 0.120. The quantitative estimate of drug-likeness (QED) is 0.813. The molecule has 0 aromatic heterocycles. The van der Waals surface area contributed by atoms with E-state index in [0.29, 0.717) is 0 Å². The minimum absolute atomic E-state index is 0.0346. The van der Waals surface area contributed by atoms with Gasteiger partial charge in [0.05, 0.1) is 7.11 Å². The molecule has 1 aliphatic rings. The molecule has 0 heterocycles. The van der Waals surface area contributed by atoms with E-state index in [9.17, 15) is 9.59 Å². The first kappa shape index (κ1) is 17.0. The van der Waals surface area contributed by atoms with Crippen LogP contribution in [-0.2, 0) is 14.3 Å². The lowest BCUT2D eigenvalue weighted by Gasteiger charge is -2.17. The highest BCUT2D eigenvalue weighted by molar-refractivity contribution is 5.82. The number of nitrogens with one attached hydrogen (secondary N) is 1. The second kappa shape index (κ2) is 7.36. The molecule has 0 fully saturated rings. The Labute approximate surface area is 145 Å². The van der Waals surface area contributed by atoms with Gasteiger partial charge < -0.3 is 20.5 Å². The van der Waals surface area contributed by atoms with Crippen molar-refractivity contribution in [2.75, 3.05) is 20.3 Å². The first-order valence-electron chi connectivity index (χ1n) is 8.05. The number of hydrogen-bond acceptors (Lipinski definition) is 5. The van der Waals surface area contributed by atoms with Gasteiger partial charge >= 0.3 is 12.1 Å². The van der Waals surface area contributed by atoms with Crippen LogP contribution < -0.4 is 11.1 Å². The Balaban J connectivity index is 1.71. The van der Waals surface area contributed by atoms with Gasteiger partial charge in [0.25, 0.3) is 0 Å². The molecule has 0 radical (unpaired) electrons. The maximum atomic E-state index is 12.0. The van der Waals surface area contributed by atoms with Crippen molar-refractivity contribution in [2.45, 2.75) is 12.0 Å². The largest absolute Gasteiger partial charge is 0.467 e. The minimum Gasteiger partial charge on any atom is -0.467 e. The fraction of sp³-hybridized carbons (Fsp3) is 0.263. The van der Waals surface area contributed by atoms with Crippen LogP contribution in [0.3, 0.4) is 0 Å². The highest BCUT2D eigenvalue weighted by Crippen LogP contribution is 2.44. The fourth-order valence-corrected chi connectivity index (χ4v) is 3.14. The van der Waals surface area contributed by atoms with Gasteiger partial charge in [-0.15, -0.1) is 0 Å². The number of fused-ring (bicyclic) bond motifs is 3. The second-order valence-corrected chi connectivity index (χ2v) is 5.78. The summed E-state index contributed by atoms with van der Waals surface area (Å²) in [6.07, 6.45) is -0.692. The Bertz CT molecular complexity index is 745. The molecule has 2 aromatic carbocycles. The predicted molar refractivity (Wildman–Crippen MR) is 93.1 cm³/mol. The minimum atomic E-state index is -0.916. The summed E-state index contributed by atoms with van der Waals surface area (Å²) in [4.78, 5) is 23.5. The van der Waals surface area contributed by atoms with Crippen LogP contribution in [0.2, 0.25) is 0 Å². The lowest BCUT2D eigenvalue weighted by Crippen LogP contribution is -2.46. The average molecular weight is 340 g/mol. The predicted octanol–water partition coefficient (Wildman–Crippen LogP) is 2.03. The number of benzene rings is 2. The summed E-state index contributed by atoms with van der Waals surface area (Å²) in [5, 5.41) is 2.43. The van der Waals surface area contributed by atoms with Crippen molar-refractivity contribution < 1.29 is 19.1 Å². The molecule has 0 saturated heterocycles. The third kappa shape index (κ3) is 3.34. The number of nitrogens with two attached hydrogens (primary N) is 1. The van der Waals surface area contributed by atoms with Crippen molar-refractivity contribution in [3.8, 4) is 11.1 Å². The van der Waals surface area contributed by atoms with Crippen LogP contribution in [0.15, 0.2) is 48.5 Å². The highest BCUT2D eigenvalue weighted by Gasteiger charge is 2.29. The second-order valence-electron chi connectivity index (χ2n) is 5.78. The lowest BCUT2D eigenvalue weighted by atomic mass is 9.98. The number of carbonyl (C=O) groups is 2. The number of amides is 1. The maximum absolute atomic E-state index is 12.0. The van der Waals surface area contributed by atoms with E-state index >= 15 is 0 Å². The standard InChI is InChI=1S/C19H20N2O4/c1-24-18(22)17(10-20)21-19(23)25-11-16-14-8-4-2-6-12(14)13-7-3-5-9-15(13)16/h2-9,16-17H,10-11,20H2,1H3,(H,21,23)/t17-/m1/s1. The van der Waals surface area contributed by atoms with E-state index in [-0.39, 0.29) is 19.1 Å². The molecule has 3 N–H and O–H groups in total. The Morgan fingerprint density at radius 2 is 1.64 bits per heavy atom. The van der Waals surface area contributed by atoms with E-state index in [1.807, 2.05) is 36.4 Å². The first-order valence-corrected chi connectivity index (χ1v) is 8.05. The summed E-state index contributed by atoms with van der Waals surface area (Å²) in [7, 11) is 1.24. The molecule has 0 bridgehead atoms. The van der Waals surface area contributed by atoms with Gasteiger partial charge in [0.1, 0.15) is 12.6 Å². The van der Waals surface area contributed by atoms with E-state index in [4.69, 9.17) is 10.5 Å². The molecule has 2 aromatic rings. The molecular weight excluding hydrogens is 320 g/mol. The Hall–Kier alpha value is -2.86. The smallest absolute Gasteiger partial charge is 0.407 e. The summed E-state index contributed by atoms with van der Waals surface area (Å²) in [5.41, 5.74) is 10.0. The van der Waals surface area contributed by atoms with Crippen molar-refractivity contribution >= 4 is 12.1 Å². The monoisotopic (exact) mass is 340 g/mol. The SMILES string of the molecule is COC(=O)[C@@H](CN)NC(=O)OCC1c2ccccc2-c2ccccc21. The molecule has 1 atom stereocenters. The summed E-state index contributed by atoms with van der Waals surface area (Å²) < 4.78 is 9.94. The molecule has 1 amide bonds. The zero-order valence-corrected chi connectivity index (χ0v) is 13.9. The van der Waals surface area contributed by atoms with Gasteiger partial charge in [-0.05, 0) is 22.3 Å². The molecule has 0 unspecified atom stereocenters. The van der Waals surface area contributed by atoms with E-state index in [2.05, 4.69) is 22.2 Å². The van der Waals surface area contributed by atoms with E-state index in [1.165, 1.54) is 7.11 Å². The van der Waals surface area contributed by atoms with Gasteiger partial charge in [-0.2, -0.15) is 0 Å². The van der Waals surface area contributed by atoms with E-state index < -0.39 is 18.1 Å². The van der Waals surface area contributed by atoms with Crippen molar-refractivity contribution in [3.63, 3.8) is 0 Å². The summed E-state index contributed by atoms with van der Waals surface area (Å²) in [6, 6.07) is 15.2. The molecular formula is C19H20N2O4. The van der Waals surface area contributed by atoms with Gasteiger partial charge in [-0.1, -0.05) is 48.5 Å². The molecule has 0 spiro atoms. The first-order chi connectivity index (χ1) is 12.2. The van der Waals surface area contributed by atoms with Crippen LogP contribution in [0.1, 0.15) is 17.0 Å². The Morgan fingerprint density at radius 1 is 1.08 bits per heavy atom. The van der Waals surface area contributed by atoms with Crippen LogP contribution in [0, 0.1) is 0 Å². The topological polar surface area (TPSA) is 90.6 Å². The molecule has 0 saturated carbocycles. The number of rotatable bonds is 5. The number of hydrogen-bond donors (Lipinski definition) is 2. The lowest BCUT2D eigenvalue weighted by molar-refractivity contribution is -0.142. The van der Waals surface area contributed by atoms with Crippen LogP contribution in [-0.4, -0.2) is 38.4 Å². The molecule has 130 valence electrons. The van der Waals surface area contributed by atoms with Gasteiger partial charge in [0, 0.05) is 12.5 Å². The van der Waals surface area contributed by atoms with Crippen molar-refractivity contribution in [1.29, 1.82) is 0 Å². The van der Waals surface area contributed by atoms with Crippen molar-refractivity contribution in [2.24, 2.45) is 5.73 Å². The molecule has 6 heteroatoms. The number of alkyl carbamates (subject to hydrolysis) is 1. The normalized spacial score (nSPS) is 13.5. The Kier molecular flexibility index (Phi) is 5.00. The number of carbonyl (C=O) groups excluding carboxylic acids is 2. The molecule has 0 aliphatic heterocycles.